The summed E-state index contributed by atoms with van der Waals surface area (Å²) in [4.78, 5) is 10.3. The molecule has 0 radical (unpaired) electrons. The van der Waals surface area contributed by atoms with Crippen molar-refractivity contribution in [3.05, 3.63) is 39.9 Å². The number of nitro groups is 1. The Morgan fingerprint density at radius 3 is 2.62 bits per heavy atom. The van der Waals surface area contributed by atoms with Crippen molar-refractivity contribution in [3.63, 3.8) is 0 Å². The van der Waals surface area contributed by atoms with Gasteiger partial charge in [0.15, 0.2) is 0 Å². The average Bonchev–Trinajstić information content (AvgIpc) is 2.25. The van der Waals surface area contributed by atoms with Crippen molar-refractivity contribution in [3.8, 4) is 0 Å². The first-order chi connectivity index (χ1) is 7.52. The largest absolute Gasteiger partial charge is 0.392 e. The molecule has 2 N–H and O–H groups in total. The third-order valence-electron chi connectivity index (χ3n) is 2.53. The van der Waals surface area contributed by atoms with Crippen LogP contribution in [0.25, 0.3) is 0 Å². The molecule has 0 saturated carbocycles. The second-order valence-electron chi connectivity index (χ2n) is 3.80. The number of nitrogens with zero attached hydrogens (tertiary/aromatic N) is 1. The molecule has 0 saturated heterocycles. The minimum atomic E-state index is -0.484. The van der Waals surface area contributed by atoms with Crippen molar-refractivity contribution in [2.75, 3.05) is 0 Å². The Bertz CT molecular complexity index is 366. The highest BCUT2D eigenvalue weighted by Crippen LogP contribution is 2.17. The van der Waals surface area contributed by atoms with E-state index in [4.69, 9.17) is 0 Å². The van der Waals surface area contributed by atoms with Gasteiger partial charge in [-0.1, -0.05) is 18.2 Å². The van der Waals surface area contributed by atoms with E-state index in [1.54, 1.807) is 25.1 Å². The van der Waals surface area contributed by atoms with Gasteiger partial charge in [-0.2, -0.15) is 0 Å². The summed E-state index contributed by atoms with van der Waals surface area (Å²) in [5, 5.41) is 23.0. The van der Waals surface area contributed by atoms with Crippen LogP contribution in [-0.4, -0.2) is 22.2 Å². The monoisotopic (exact) mass is 224 g/mol. The molecule has 1 aromatic rings. The van der Waals surface area contributed by atoms with Crippen LogP contribution in [0.5, 0.6) is 0 Å². The van der Waals surface area contributed by atoms with E-state index >= 15 is 0 Å². The first-order valence-corrected chi connectivity index (χ1v) is 5.16. The fraction of sp³-hybridized carbons (Fsp3) is 0.455. The number of para-hydroxylation sites is 1. The molecule has 1 aromatic carbocycles. The molecule has 1 rings (SSSR count). The van der Waals surface area contributed by atoms with Gasteiger partial charge in [0.2, 0.25) is 0 Å². The number of benzene rings is 1. The summed E-state index contributed by atoms with van der Waals surface area (Å²) in [5.41, 5.74) is 0.729. The maximum atomic E-state index is 10.7. The van der Waals surface area contributed by atoms with E-state index in [1.807, 2.05) is 6.92 Å². The van der Waals surface area contributed by atoms with Crippen LogP contribution in [0.2, 0.25) is 0 Å². The quantitative estimate of drug-likeness (QED) is 0.586. The van der Waals surface area contributed by atoms with Crippen LogP contribution in [0.4, 0.5) is 5.69 Å². The lowest BCUT2D eigenvalue weighted by Gasteiger charge is -2.16. The maximum Gasteiger partial charge on any atom is 0.273 e. The summed E-state index contributed by atoms with van der Waals surface area (Å²) in [6.07, 6.45) is -0.484. The number of nitrogens with one attached hydrogen (secondary N) is 1. The smallest absolute Gasteiger partial charge is 0.273 e. The zero-order valence-electron chi connectivity index (χ0n) is 9.38. The molecular weight excluding hydrogens is 208 g/mol. The van der Waals surface area contributed by atoms with E-state index in [0.717, 1.165) is 0 Å². The molecule has 0 aliphatic heterocycles. The van der Waals surface area contributed by atoms with Crippen LogP contribution in [0, 0.1) is 10.1 Å². The van der Waals surface area contributed by atoms with Crippen molar-refractivity contribution in [1.29, 1.82) is 0 Å². The minimum absolute atomic E-state index is 0.0974. The number of aliphatic hydroxyl groups is 1. The summed E-state index contributed by atoms with van der Waals surface area (Å²) in [5.74, 6) is 0. The molecule has 88 valence electrons. The van der Waals surface area contributed by atoms with Crippen LogP contribution in [0.15, 0.2) is 24.3 Å². The number of aliphatic hydroxyl groups excluding tert-OH is 1. The van der Waals surface area contributed by atoms with E-state index in [1.165, 1.54) is 6.07 Å². The Morgan fingerprint density at radius 1 is 1.44 bits per heavy atom. The molecule has 0 spiro atoms. The van der Waals surface area contributed by atoms with Crippen LogP contribution in [-0.2, 0) is 6.54 Å². The van der Waals surface area contributed by atoms with E-state index < -0.39 is 11.0 Å². The highest BCUT2D eigenvalue weighted by Gasteiger charge is 2.14. The SMILES string of the molecule is CC(O)C(C)NCc1ccccc1[N+](=O)[O-]. The molecule has 0 aliphatic carbocycles. The average molecular weight is 224 g/mol. The third kappa shape index (κ3) is 3.29. The highest BCUT2D eigenvalue weighted by atomic mass is 16.6. The second kappa shape index (κ2) is 5.58. The Balaban J connectivity index is 2.70. The lowest BCUT2D eigenvalue weighted by atomic mass is 10.1. The van der Waals surface area contributed by atoms with Crippen molar-refractivity contribution in [1.82, 2.24) is 5.32 Å². The Labute approximate surface area is 94.3 Å². The van der Waals surface area contributed by atoms with Gasteiger partial charge in [0.1, 0.15) is 0 Å². The van der Waals surface area contributed by atoms with Crippen LogP contribution in [0.3, 0.4) is 0 Å². The zero-order chi connectivity index (χ0) is 12.1. The van der Waals surface area contributed by atoms with Gasteiger partial charge in [0, 0.05) is 24.2 Å². The van der Waals surface area contributed by atoms with Gasteiger partial charge >= 0.3 is 0 Å². The molecule has 2 atom stereocenters. The second-order valence-corrected chi connectivity index (χ2v) is 3.80. The van der Waals surface area contributed by atoms with Crippen LogP contribution < -0.4 is 5.32 Å². The van der Waals surface area contributed by atoms with Gasteiger partial charge in [0.05, 0.1) is 11.0 Å². The van der Waals surface area contributed by atoms with Gasteiger partial charge in [-0.05, 0) is 13.8 Å². The summed E-state index contributed by atoms with van der Waals surface area (Å²) < 4.78 is 0. The normalized spacial score (nSPS) is 14.4. The van der Waals surface area contributed by atoms with Crippen LogP contribution >= 0.6 is 0 Å². The number of rotatable bonds is 5. The van der Waals surface area contributed by atoms with E-state index in [2.05, 4.69) is 5.32 Å². The first-order valence-electron chi connectivity index (χ1n) is 5.16. The summed E-state index contributed by atoms with van der Waals surface area (Å²) >= 11 is 0. The molecule has 0 aliphatic rings. The molecule has 0 heterocycles. The molecule has 0 bridgehead atoms. The highest BCUT2D eigenvalue weighted by molar-refractivity contribution is 5.39. The number of nitro benzene ring substituents is 1. The van der Waals surface area contributed by atoms with Gasteiger partial charge in [-0.25, -0.2) is 0 Å². The molecule has 0 aromatic heterocycles. The molecule has 16 heavy (non-hydrogen) atoms. The summed E-state index contributed by atoms with van der Waals surface area (Å²) in [7, 11) is 0. The van der Waals surface area contributed by atoms with Crippen LogP contribution in [0.1, 0.15) is 19.4 Å². The first kappa shape index (κ1) is 12.6. The fourth-order valence-electron chi connectivity index (χ4n) is 1.28. The standard InChI is InChI=1S/C11H16N2O3/c1-8(9(2)14)12-7-10-5-3-4-6-11(10)13(15)16/h3-6,8-9,12,14H,7H2,1-2H3. The topological polar surface area (TPSA) is 75.4 Å². The Morgan fingerprint density at radius 2 is 2.06 bits per heavy atom. The molecule has 2 unspecified atom stereocenters. The van der Waals surface area contributed by atoms with Crippen molar-refractivity contribution < 1.29 is 10.0 Å². The predicted octanol–water partition coefficient (Wildman–Crippen LogP) is 1.45. The molecule has 0 amide bonds. The molecular formula is C11H16N2O3. The molecule has 0 fully saturated rings. The lowest BCUT2D eigenvalue weighted by molar-refractivity contribution is -0.385. The fourth-order valence-corrected chi connectivity index (χ4v) is 1.28. The Hall–Kier alpha value is -1.46. The van der Waals surface area contributed by atoms with E-state index in [0.29, 0.717) is 12.1 Å². The third-order valence-corrected chi connectivity index (χ3v) is 2.53. The molecule has 5 heteroatoms. The molecule has 5 nitrogen and oxygen atoms in total. The minimum Gasteiger partial charge on any atom is -0.392 e. The van der Waals surface area contributed by atoms with Gasteiger partial charge in [-0.3, -0.25) is 10.1 Å². The van der Waals surface area contributed by atoms with E-state index in [-0.39, 0.29) is 11.7 Å². The van der Waals surface area contributed by atoms with Crippen molar-refractivity contribution in [2.45, 2.75) is 32.5 Å². The van der Waals surface area contributed by atoms with Crippen molar-refractivity contribution >= 4 is 5.69 Å². The van der Waals surface area contributed by atoms with Gasteiger partial charge < -0.3 is 10.4 Å². The predicted molar refractivity (Wildman–Crippen MR) is 61.1 cm³/mol. The number of hydrogen-bond acceptors (Lipinski definition) is 4. The Kier molecular flexibility index (Phi) is 4.39. The zero-order valence-corrected chi connectivity index (χ0v) is 9.38. The summed E-state index contributed by atoms with van der Waals surface area (Å²) in [6.45, 7) is 3.89. The lowest BCUT2D eigenvalue weighted by Crippen LogP contribution is -2.35. The summed E-state index contributed by atoms with van der Waals surface area (Å²) in [6, 6.07) is 6.49. The van der Waals surface area contributed by atoms with Gasteiger partial charge in [0.25, 0.3) is 5.69 Å². The number of hydrogen-bond donors (Lipinski definition) is 2. The van der Waals surface area contributed by atoms with E-state index in [9.17, 15) is 15.2 Å². The van der Waals surface area contributed by atoms with Crippen molar-refractivity contribution in [2.24, 2.45) is 0 Å². The van der Waals surface area contributed by atoms with Gasteiger partial charge in [-0.15, -0.1) is 0 Å². The maximum absolute atomic E-state index is 10.7.